The molecule has 1 aliphatic rings. The van der Waals surface area contributed by atoms with Crippen molar-refractivity contribution in [2.24, 2.45) is 4.99 Å². The fourth-order valence-electron chi connectivity index (χ4n) is 4.38. The van der Waals surface area contributed by atoms with Gasteiger partial charge in [0, 0.05) is 24.0 Å². The normalized spacial score (nSPS) is 19.4. The average molecular weight is 363 g/mol. The van der Waals surface area contributed by atoms with Gasteiger partial charge in [-0.15, -0.1) is 0 Å². The average Bonchev–Trinajstić information content (AvgIpc) is 2.59. The van der Waals surface area contributed by atoms with Crippen LogP contribution < -0.4 is 4.90 Å². The van der Waals surface area contributed by atoms with Gasteiger partial charge in [-0.05, 0) is 79.5 Å². The number of rotatable bonds is 3. The Morgan fingerprint density at radius 2 is 1.78 bits per heavy atom. The SMILES string of the molecule is CCN1c2ccc(C=Nc3ccc(C(C)(C)C)cc3)cc2C(C)CC1(C)C. The molecule has 2 aromatic carbocycles. The molecule has 1 heterocycles. The Morgan fingerprint density at radius 1 is 1.11 bits per heavy atom. The van der Waals surface area contributed by atoms with E-state index in [4.69, 9.17) is 4.99 Å². The Balaban J connectivity index is 1.85. The second-order valence-electron chi connectivity index (χ2n) is 9.54. The zero-order valence-electron chi connectivity index (χ0n) is 18.0. The quantitative estimate of drug-likeness (QED) is 0.545. The van der Waals surface area contributed by atoms with E-state index in [0.29, 0.717) is 5.92 Å². The van der Waals surface area contributed by atoms with Crippen molar-refractivity contribution in [2.75, 3.05) is 11.4 Å². The molecule has 0 aromatic heterocycles. The standard InChI is InChI=1S/C25H34N2/c1-8-27-23-14-9-19(15-22(23)18(2)16-25(27,6)7)17-26-21-12-10-20(11-13-21)24(3,4)5/h9-15,17-18H,8,16H2,1-7H3. The predicted molar refractivity (Wildman–Crippen MR) is 119 cm³/mol. The van der Waals surface area contributed by atoms with Crippen LogP contribution in [0.5, 0.6) is 0 Å². The third-order valence-electron chi connectivity index (χ3n) is 5.82. The molecule has 144 valence electrons. The van der Waals surface area contributed by atoms with Gasteiger partial charge in [-0.1, -0.05) is 45.9 Å². The minimum Gasteiger partial charge on any atom is -0.366 e. The van der Waals surface area contributed by atoms with E-state index in [1.165, 1.54) is 28.8 Å². The van der Waals surface area contributed by atoms with Gasteiger partial charge in [0.1, 0.15) is 0 Å². The molecule has 0 spiro atoms. The molecule has 0 saturated heterocycles. The van der Waals surface area contributed by atoms with Crippen molar-refractivity contribution in [1.29, 1.82) is 0 Å². The van der Waals surface area contributed by atoms with Crippen molar-refractivity contribution in [3.63, 3.8) is 0 Å². The molecule has 3 rings (SSSR count). The van der Waals surface area contributed by atoms with Gasteiger partial charge < -0.3 is 4.90 Å². The first-order valence-corrected chi connectivity index (χ1v) is 10.2. The maximum atomic E-state index is 4.70. The molecule has 0 saturated carbocycles. The van der Waals surface area contributed by atoms with E-state index in [-0.39, 0.29) is 11.0 Å². The minimum atomic E-state index is 0.176. The minimum absolute atomic E-state index is 0.176. The Bertz CT molecular complexity index is 822. The molecular formula is C25H34N2. The van der Waals surface area contributed by atoms with Gasteiger partial charge >= 0.3 is 0 Å². The largest absolute Gasteiger partial charge is 0.366 e. The fraction of sp³-hybridized carbons (Fsp3) is 0.480. The van der Waals surface area contributed by atoms with Crippen LogP contribution in [-0.4, -0.2) is 18.3 Å². The third kappa shape index (κ3) is 4.10. The maximum Gasteiger partial charge on any atom is 0.0630 e. The van der Waals surface area contributed by atoms with Crippen molar-refractivity contribution in [3.05, 3.63) is 59.2 Å². The summed E-state index contributed by atoms with van der Waals surface area (Å²) in [5.74, 6) is 0.567. The maximum absolute atomic E-state index is 4.70. The molecule has 0 bridgehead atoms. The van der Waals surface area contributed by atoms with Crippen molar-refractivity contribution < 1.29 is 0 Å². The lowest BCUT2D eigenvalue weighted by Crippen LogP contribution is -2.48. The van der Waals surface area contributed by atoms with E-state index < -0.39 is 0 Å². The smallest absolute Gasteiger partial charge is 0.0630 e. The van der Waals surface area contributed by atoms with Crippen LogP contribution in [0.25, 0.3) is 0 Å². The van der Waals surface area contributed by atoms with Crippen molar-refractivity contribution in [2.45, 2.75) is 71.8 Å². The van der Waals surface area contributed by atoms with Gasteiger partial charge in [0.25, 0.3) is 0 Å². The second-order valence-corrected chi connectivity index (χ2v) is 9.54. The van der Waals surface area contributed by atoms with Crippen LogP contribution in [-0.2, 0) is 5.41 Å². The molecule has 2 heteroatoms. The molecule has 0 radical (unpaired) electrons. The van der Waals surface area contributed by atoms with Crippen LogP contribution >= 0.6 is 0 Å². The lowest BCUT2D eigenvalue weighted by atomic mass is 9.79. The van der Waals surface area contributed by atoms with Gasteiger partial charge in [0.05, 0.1) is 5.69 Å². The van der Waals surface area contributed by atoms with Crippen LogP contribution in [0.15, 0.2) is 47.5 Å². The van der Waals surface area contributed by atoms with Crippen LogP contribution in [0, 0.1) is 0 Å². The highest BCUT2D eigenvalue weighted by Gasteiger charge is 2.35. The van der Waals surface area contributed by atoms with Crippen molar-refractivity contribution in [1.82, 2.24) is 0 Å². The first-order chi connectivity index (χ1) is 12.6. The van der Waals surface area contributed by atoms with Gasteiger partial charge in [0.2, 0.25) is 0 Å². The summed E-state index contributed by atoms with van der Waals surface area (Å²) in [6.45, 7) is 17.1. The summed E-state index contributed by atoms with van der Waals surface area (Å²) < 4.78 is 0. The number of nitrogens with zero attached hydrogens (tertiary/aromatic N) is 2. The molecule has 1 atom stereocenters. The van der Waals surface area contributed by atoms with Gasteiger partial charge in [-0.25, -0.2) is 0 Å². The van der Waals surface area contributed by atoms with E-state index >= 15 is 0 Å². The lowest BCUT2D eigenvalue weighted by Gasteiger charge is -2.47. The summed E-state index contributed by atoms with van der Waals surface area (Å²) >= 11 is 0. The van der Waals surface area contributed by atoms with Crippen molar-refractivity contribution in [3.8, 4) is 0 Å². The Morgan fingerprint density at radius 3 is 2.37 bits per heavy atom. The molecule has 0 amide bonds. The molecule has 2 aromatic rings. The van der Waals surface area contributed by atoms with Crippen LogP contribution in [0.4, 0.5) is 11.4 Å². The highest BCUT2D eigenvalue weighted by atomic mass is 15.2. The first-order valence-electron chi connectivity index (χ1n) is 10.2. The monoisotopic (exact) mass is 362 g/mol. The zero-order chi connectivity index (χ0) is 19.8. The zero-order valence-corrected chi connectivity index (χ0v) is 18.0. The molecule has 27 heavy (non-hydrogen) atoms. The molecular weight excluding hydrogens is 328 g/mol. The molecule has 0 fully saturated rings. The number of benzene rings is 2. The van der Waals surface area contributed by atoms with E-state index in [0.717, 1.165) is 12.2 Å². The summed E-state index contributed by atoms with van der Waals surface area (Å²) in [4.78, 5) is 7.24. The van der Waals surface area contributed by atoms with E-state index in [2.05, 4.69) is 95.8 Å². The fourth-order valence-corrected chi connectivity index (χ4v) is 4.38. The summed E-state index contributed by atoms with van der Waals surface area (Å²) in [6, 6.07) is 15.4. The van der Waals surface area contributed by atoms with Crippen LogP contribution in [0.1, 0.15) is 77.5 Å². The second kappa shape index (κ2) is 7.14. The van der Waals surface area contributed by atoms with Gasteiger partial charge in [-0.3, -0.25) is 4.99 Å². The van der Waals surface area contributed by atoms with Crippen molar-refractivity contribution >= 4 is 17.6 Å². The number of anilines is 1. The topological polar surface area (TPSA) is 15.6 Å². The lowest BCUT2D eigenvalue weighted by molar-refractivity contribution is 0.381. The Hall–Kier alpha value is -2.09. The number of hydrogen-bond acceptors (Lipinski definition) is 2. The third-order valence-corrected chi connectivity index (χ3v) is 5.82. The predicted octanol–water partition coefficient (Wildman–Crippen LogP) is 6.85. The summed E-state index contributed by atoms with van der Waals surface area (Å²) in [5, 5.41) is 0. The van der Waals surface area contributed by atoms with Gasteiger partial charge in [-0.2, -0.15) is 0 Å². The highest BCUT2D eigenvalue weighted by molar-refractivity contribution is 5.83. The highest BCUT2D eigenvalue weighted by Crippen LogP contribution is 2.43. The summed E-state index contributed by atoms with van der Waals surface area (Å²) in [7, 11) is 0. The number of fused-ring (bicyclic) bond motifs is 1. The molecule has 1 unspecified atom stereocenters. The molecule has 0 aliphatic carbocycles. The van der Waals surface area contributed by atoms with Gasteiger partial charge in [0.15, 0.2) is 0 Å². The first kappa shape index (κ1) is 19.7. The summed E-state index contributed by atoms with van der Waals surface area (Å²) in [5.41, 5.74) is 6.74. The number of aliphatic imine (C=N–C) groups is 1. The van der Waals surface area contributed by atoms with Crippen LogP contribution in [0.2, 0.25) is 0 Å². The molecule has 1 aliphatic heterocycles. The van der Waals surface area contributed by atoms with E-state index in [9.17, 15) is 0 Å². The molecule has 2 nitrogen and oxygen atoms in total. The Kier molecular flexibility index (Phi) is 5.20. The van der Waals surface area contributed by atoms with E-state index in [1.807, 2.05) is 6.21 Å². The van der Waals surface area contributed by atoms with Crippen LogP contribution in [0.3, 0.4) is 0 Å². The number of hydrogen-bond donors (Lipinski definition) is 0. The van der Waals surface area contributed by atoms with E-state index in [1.54, 1.807) is 0 Å². The summed E-state index contributed by atoms with van der Waals surface area (Å²) in [6.07, 6.45) is 3.18. The Labute approximate surface area is 165 Å². The molecule has 0 N–H and O–H groups in total.